The maximum atomic E-state index is 13.3. The van der Waals surface area contributed by atoms with Crippen molar-refractivity contribution in [3.05, 3.63) is 29.8 Å². The predicted molar refractivity (Wildman–Crippen MR) is 69.1 cm³/mol. The van der Waals surface area contributed by atoms with Crippen LogP contribution in [-0.4, -0.2) is 17.5 Å². The number of guanidine groups is 1. The molecule has 104 valence electrons. The van der Waals surface area contributed by atoms with Crippen molar-refractivity contribution in [2.45, 2.75) is 26.3 Å². The Morgan fingerprint density at radius 3 is 2.42 bits per heavy atom. The molecule has 7 heteroatoms. The third-order valence-electron chi connectivity index (χ3n) is 1.92. The summed E-state index contributed by atoms with van der Waals surface area (Å²) >= 11 is 0. The van der Waals surface area contributed by atoms with E-state index >= 15 is 0 Å². The topological polar surface area (TPSA) is 77.0 Å². The first-order chi connectivity index (χ1) is 8.67. The van der Waals surface area contributed by atoms with Crippen LogP contribution in [0.5, 0.6) is 0 Å². The molecular weight excluding hydrogens is 254 g/mol. The van der Waals surface area contributed by atoms with Crippen LogP contribution in [0.25, 0.3) is 0 Å². The van der Waals surface area contributed by atoms with E-state index in [0.717, 1.165) is 12.1 Å². The van der Waals surface area contributed by atoms with Crippen LogP contribution in [0.4, 0.5) is 19.3 Å². The lowest BCUT2D eigenvalue weighted by atomic mass is 10.1. The van der Waals surface area contributed by atoms with Crippen molar-refractivity contribution in [3.63, 3.8) is 0 Å². The number of amides is 2. The molecule has 0 saturated heterocycles. The van der Waals surface area contributed by atoms with Gasteiger partial charge in [-0.15, -0.1) is 0 Å². The van der Waals surface area contributed by atoms with Crippen LogP contribution >= 0.6 is 0 Å². The van der Waals surface area contributed by atoms with Gasteiger partial charge in [-0.3, -0.25) is 10.7 Å². The van der Waals surface area contributed by atoms with Gasteiger partial charge in [0.2, 0.25) is 5.96 Å². The van der Waals surface area contributed by atoms with Gasteiger partial charge in [0, 0.05) is 11.6 Å². The van der Waals surface area contributed by atoms with Gasteiger partial charge < -0.3 is 10.6 Å². The van der Waals surface area contributed by atoms with E-state index in [1.54, 1.807) is 20.8 Å². The number of rotatable bonds is 1. The minimum absolute atomic E-state index is 0.0949. The first-order valence-electron chi connectivity index (χ1n) is 5.57. The largest absolute Gasteiger partial charge is 0.333 e. The van der Waals surface area contributed by atoms with Crippen LogP contribution < -0.4 is 16.0 Å². The molecule has 0 heterocycles. The van der Waals surface area contributed by atoms with Crippen LogP contribution in [0.2, 0.25) is 0 Å². The number of hydrogen-bond donors (Lipinski definition) is 4. The molecule has 1 rings (SSSR count). The molecule has 19 heavy (non-hydrogen) atoms. The van der Waals surface area contributed by atoms with Gasteiger partial charge in [-0.05, 0) is 32.9 Å². The van der Waals surface area contributed by atoms with E-state index in [-0.39, 0.29) is 5.69 Å². The Kier molecular flexibility index (Phi) is 4.42. The molecule has 1 aromatic carbocycles. The zero-order valence-electron chi connectivity index (χ0n) is 10.9. The fourth-order valence-corrected chi connectivity index (χ4v) is 1.24. The maximum absolute atomic E-state index is 13.3. The van der Waals surface area contributed by atoms with Gasteiger partial charge in [-0.25, -0.2) is 13.6 Å². The SMILES string of the molecule is CC(C)(C)NC(=O)NC(=N)Nc1ccc(F)cc1F. The van der Waals surface area contributed by atoms with Crippen LogP contribution in [-0.2, 0) is 0 Å². The number of halogens is 2. The average Bonchev–Trinajstić information content (AvgIpc) is 2.19. The minimum atomic E-state index is -0.845. The van der Waals surface area contributed by atoms with Crippen LogP contribution in [0.3, 0.4) is 0 Å². The lowest BCUT2D eigenvalue weighted by Gasteiger charge is -2.21. The first-order valence-corrected chi connectivity index (χ1v) is 5.57. The number of benzene rings is 1. The Morgan fingerprint density at radius 2 is 1.89 bits per heavy atom. The van der Waals surface area contributed by atoms with Crippen molar-refractivity contribution in [2.24, 2.45) is 0 Å². The highest BCUT2D eigenvalue weighted by molar-refractivity contribution is 6.02. The highest BCUT2D eigenvalue weighted by atomic mass is 19.1. The Bertz CT molecular complexity index is 497. The molecule has 1 aromatic rings. The van der Waals surface area contributed by atoms with E-state index in [9.17, 15) is 13.6 Å². The quantitative estimate of drug-likeness (QED) is 0.467. The average molecular weight is 270 g/mol. The molecule has 0 bridgehead atoms. The zero-order chi connectivity index (χ0) is 14.6. The van der Waals surface area contributed by atoms with Gasteiger partial charge in [0.15, 0.2) is 0 Å². The highest BCUT2D eigenvalue weighted by Crippen LogP contribution is 2.14. The monoisotopic (exact) mass is 270 g/mol. The molecule has 5 nitrogen and oxygen atoms in total. The summed E-state index contributed by atoms with van der Waals surface area (Å²) in [6.07, 6.45) is 0. The van der Waals surface area contributed by atoms with Gasteiger partial charge in [0.1, 0.15) is 11.6 Å². The fraction of sp³-hybridized carbons (Fsp3) is 0.333. The van der Waals surface area contributed by atoms with Gasteiger partial charge in [-0.1, -0.05) is 0 Å². The Balaban J connectivity index is 2.58. The van der Waals surface area contributed by atoms with Crippen LogP contribution in [0.15, 0.2) is 18.2 Å². The Labute approximate surface area is 109 Å². The van der Waals surface area contributed by atoms with Gasteiger partial charge in [0.05, 0.1) is 5.69 Å². The molecule has 0 spiro atoms. The normalized spacial score (nSPS) is 10.8. The molecule has 0 aliphatic heterocycles. The van der Waals surface area contributed by atoms with E-state index in [0.29, 0.717) is 6.07 Å². The Hall–Kier alpha value is -2.18. The number of carbonyl (C=O) groups excluding carboxylic acids is 1. The summed E-state index contributed by atoms with van der Waals surface area (Å²) in [5.74, 6) is -1.97. The number of urea groups is 1. The molecule has 0 atom stereocenters. The van der Waals surface area contributed by atoms with Crippen molar-refractivity contribution in [3.8, 4) is 0 Å². The van der Waals surface area contributed by atoms with Crippen LogP contribution in [0, 0.1) is 17.0 Å². The third-order valence-corrected chi connectivity index (χ3v) is 1.92. The molecule has 0 aromatic heterocycles. The number of carbonyl (C=O) groups is 1. The van der Waals surface area contributed by atoms with Crippen LogP contribution in [0.1, 0.15) is 20.8 Å². The molecule has 0 aliphatic rings. The zero-order valence-corrected chi connectivity index (χ0v) is 10.9. The Morgan fingerprint density at radius 1 is 1.26 bits per heavy atom. The second kappa shape index (κ2) is 5.64. The molecule has 0 fully saturated rings. The van der Waals surface area contributed by atoms with Gasteiger partial charge in [0.25, 0.3) is 0 Å². The molecule has 0 saturated carbocycles. The summed E-state index contributed by atoms with van der Waals surface area (Å²) in [7, 11) is 0. The smallest absolute Gasteiger partial charge is 0.321 e. The summed E-state index contributed by atoms with van der Waals surface area (Å²) in [4.78, 5) is 11.4. The van der Waals surface area contributed by atoms with Crippen molar-refractivity contribution < 1.29 is 13.6 Å². The summed E-state index contributed by atoms with van der Waals surface area (Å²) < 4.78 is 26.0. The summed E-state index contributed by atoms with van der Waals surface area (Å²) in [6.45, 7) is 5.34. The van der Waals surface area contributed by atoms with Crippen molar-refractivity contribution >= 4 is 17.7 Å². The lowest BCUT2D eigenvalue weighted by molar-refractivity contribution is 0.236. The van der Waals surface area contributed by atoms with Crippen molar-refractivity contribution in [1.29, 1.82) is 5.41 Å². The summed E-state index contributed by atoms with van der Waals surface area (Å²) in [6, 6.07) is 2.29. The summed E-state index contributed by atoms with van der Waals surface area (Å²) in [5, 5.41) is 14.6. The second-order valence-electron chi connectivity index (χ2n) is 4.95. The first kappa shape index (κ1) is 14.9. The number of hydrogen-bond acceptors (Lipinski definition) is 2. The van der Waals surface area contributed by atoms with E-state index in [4.69, 9.17) is 5.41 Å². The molecule has 2 amide bonds. The standard InChI is InChI=1S/C12H16F2N4O/c1-12(2,3)18-11(19)17-10(15)16-9-5-4-7(13)6-8(9)14/h4-6H,1-3H3,(H4,15,16,17,18,19). The number of nitrogens with one attached hydrogen (secondary N) is 4. The maximum Gasteiger partial charge on any atom is 0.321 e. The summed E-state index contributed by atoms with van der Waals surface area (Å²) in [5.41, 5.74) is -0.548. The minimum Gasteiger partial charge on any atom is -0.333 e. The predicted octanol–water partition coefficient (Wildman–Crippen LogP) is 2.41. The number of anilines is 1. The van der Waals surface area contributed by atoms with E-state index in [1.807, 2.05) is 0 Å². The van der Waals surface area contributed by atoms with E-state index < -0.39 is 29.2 Å². The van der Waals surface area contributed by atoms with Gasteiger partial charge >= 0.3 is 6.03 Å². The highest BCUT2D eigenvalue weighted by Gasteiger charge is 2.15. The lowest BCUT2D eigenvalue weighted by Crippen LogP contribution is -2.49. The van der Waals surface area contributed by atoms with E-state index in [2.05, 4.69) is 16.0 Å². The molecule has 0 unspecified atom stereocenters. The molecule has 0 aliphatic carbocycles. The van der Waals surface area contributed by atoms with Gasteiger partial charge in [-0.2, -0.15) is 0 Å². The van der Waals surface area contributed by atoms with Crippen molar-refractivity contribution in [1.82, 2.24) is 10.6 Å². The van der Waals surface area contributed by atoms with E-state index in [1.165, 1.54) is 0 Å². The molecule has 0 radical (unpaired) electrons. The fourth-order valence-electron chi connectivity index (χ4n) is 1.24. The molecular formula is C12H16F2N4O. The van der Waals surface area contributed by atoms with Crippen molar-refractivity contribution in [2.75, 3.05) is 5.32 Å². The molecule has 4 N–H and O–H groups in total. The second-order valence-corrected chi connectivity index (χ2v) is 4.95. The third kappa shape index (κ3) is 5.33.